The largest absolute Gasteiger partial charge is 0.462 e. The van der Waals surface area contributed by atoms with Gasteiger partial charge in [0.05, 0.1) is 12.3 Å². The first-order valence-corrected chi connectivity index (χ1v) is 10.3. The first-order chi connectivity index (χ1) is 14.5. The number of aryl methyl sites for hydroxylation is 1. The summed E-state index contributed by atoms with van der Waals surface area (Å²) in [6.07, 6.45) is 1.47. The number of nitrogens with zero attached hydrogens (tertiary/aromatic N) is 4. The molecule has 0 saturated carbocycles. The number of hydrogen-bond acceptors (Lipinski definition) is 6. The fraction of sp³-hybridized carbons (Fsp3) is 0.409. The van der Waals surface area contributed by atoms with Crippen LogP contribution < -0.4 is 5.56 Å². The summed E-state index contributed by atoms with van der Waals surface area (Å²) in [5, 5.41) is 2.78. The summed E-state index contributed by atoms with van der Waals surface area (Å²) >= 11 is 0. The average molecular weight is 409 g/mol. The third-order valence-electron chi connectivity index (χ3n) is 5.39. The van der Waals surface area contributed by atoms with Crippen LogP contribution in [0.2, 0.25) is 0 Å². The van der Waals surface area contributed by atoms with Gasteiger partial charge in [0.25, 0.3) is 5.56 Å². The number of hydrogen-bond donors (Lipinski definition) is 1. The molecule has 1 aromatic carbocycles. The van der Waals surface area contributed by atoms with E-state index in [1.807, 2.05) is 0 Å². The van der Waals surface area contributed by atoms with Gasteiger partial charge in [-0.3, -0.25) is 19.7 Å². The first-order valence-electron chi connectivity index (χ1n) is 10.3. The number of carbonyl (C=O) groups excluding carboxylic acids is 1. The third-order valence-corrected chi connectivity index (χ3v) is 5.39. The molecule has 1 aliphatic heterocycles. The van der Waals surface area contributed by atoms with E-state index in [1.54, 1.807) is 6.92 Å². The number of piperazine rings is 1. The van der Waals surface area contributed by atoms with Gasteiger partial charge in [0, 0.05) is 51.5 Å². The molecule has 0 bridgehead atoms. The Morgan fingerprint density at radius 1 is 1.13 bits per heavy atom. The van der Waals surface area contributed by atoms with E-state index in [0.29, 0.717) is 17.9 Å². The van der Waals surface area contributed by atoms with Crippen molar-refractivity contribution < 1.29 is 9.53 Å². The van der Waals surface area contributed by atoms with Gasteiger partial charge in [-0.1, -0.05) is 29.8 Å². The number of ether oxygens (including phenoxy) is 1. The van der Waals surface area contributed by atoms with Crippen LogP contribution in [0.15, 0.2) is 41.3 Å². The molecule has 1 aliphatic rings. The van der Waals surface area contributed by atoms with Crippen LogP contribution >= 0.6 is 0 Å². The minimum absolute atomic E-state index is 0.233. The number of esters is 1. The van der Waals surface area contributed by atoms with E-state index in [9.17, 15) is 9.59 Å². The molecule has 4 rings (SSSR count). The van der Waals surface area contributed by atoms with Crippen molar-refractivity contribution in [2.45, 2.75) is 26.9 Å². The highest BCUT2D eigenvalue weighted by Gasteiger charge is 2.20. The molecule has 0 unspecified atom stereocenters. The minimum atomic E-state index is -0.481. The second-order valence-electron chi connectivity index (χ2n) is 7.69. The Morgan fingerprint density at radius 3 is 2.57 bits per heavy atom. The van der Waals surface area contributed by atoms with E-state index in [1.165, 1.54) is 27.9 Å². The topological polar surface area (TPSA) is 82.9 Å². The van der Waals surface area contributed by atoms with Crippen LogP contribution in [-0.4, -0.2) is 63.2 Å². The molecular weight excluding hydrogens is 382 g/mol. The Morgan fingerprint density at radius 2 is 1.87 bits per heavy atom. The zero-order chi connectivity index (χ0) is 21.1. The minimum Gasteiger partial charge on any atom is -0.462 e. The maximum atomic E-state index is 12.4. The second kappa shape index (κ2) is 8.81. The van der Waals surface area contributed by atoms with Crippen LogP contribution in [0.3, 0.4) is 0 Å². The summed E-state index contributed by atoms with van der Waals surface area (Å²) in [5.41, 5.74) is 3.64. The van der Waals surface area contributed by atoms with Crippen molar-refractivity contribution in [1.82, 2.24) is 24.4 Å². The molecule has 1 N–H and O–H groups in total. The maximum absolute atomic E-state index is 12.4. The number of aromatic amines is 1. The van der Waals surface area contributed by atoms with Crippen molar-refractivity contribution in [3.8, 4) is 0 Å². The highest BCUT2D eigenvalue weighted by molar-refractivity contribution is 5.95. The Kier molecular flexibility index (Phi) is 5.96. The van der Waals surface area contributed by atoms with Crippen molar-refractivity contribution in [3.63, 3.8) is 0 Å². The van der Waals surface area contributed by atoms with Gasteiger partial charge in [0.2, 0.25) is 0 Å². The van der Waals surface area contributed by atoms with Crippen LogP contribution in [0, 0.1) is 6.92 Å². The van der Waals surface area contributed by atoms with E-state index in [-0.39, 0.29) is 17.7 Å². The molecule has 0 atom stereocenters. The van der Waals surface area contributed by atoms with E-state index in [0.717, 1.165) is 32.7 Å². The molecule has 0 spiro atoms. The van der Waals surface area contributed by atoms with Crippen molar-refractivity contribution >= 4 is 11.6 Å². The number of benzene rings is 1. The van der Waals surface area contributed by atoms with Gasteiger partial charge in [-0.05, 0) is 19.4 Å². The summed E-state index contributed by atoms with van der Waals surface area (Å²) < 4.78 is 6.34. The quantitative estimate of drug-likeness (QED) is 0.626. The second-order valence-corrected chi connectivity index (χ2v) is 7.69. The number of aromatic nitrogens is 3. The van der Waals surface area contributed by atoms with Crippen molar-refractivity contribution in [2.75, 3.05) is 32.8 Å². The predicted molar refractivity (Wildman–Crippen MR) is 114 cm³/mol. The fourth-order valence-corrected chi connectivity index (χ4v) is 3.87. The molecule has 8 heteroatoms. The van der Waals surface area contributed by atoms with Gasteiger partial charge < -0.3 is 4.74 Å². The Balaban J connectivity index is 1.42. The summed E-state index contributed by atoms with van der Waals surface area (Å²) in [6, 6.07) is 10.1. The lowest BCUT2D eigenvalue weighted by atomic mass is 10.1. The SMILES string of the molecule is CCOC(=O)c1c[nH]n2c(=O)cc(CN3CCN(Cc4cccc(C)c4)CC3)nc12. The number of H-pyrrole nitrogens is 1. The molecule has 1 saturated heterocycles. The van der Waals surface area contributed by atoms with Crippen molar-refractivity contribution in [3.05, 3.63) is 69.3 Å². The third kappa shape index (κ3) is 4.44. The normalized spacial score (nSPS) is 15.5. The standard InChI is InChI=1S/C22H27N5O3/c1-3-30-22(29)19-13-23-27-20(28)12-18(24-21(19)27)15-26-9-7-25(8-10-26)14-17-6-4-5-16(2)11-17/h4-6,11-13,23H,3,7-10,14-15H2,1-2H3. The highest BCUT2D eigenvalue weighted by atomic mass is 16.5. The number of carbonyl (C=O) groups is 1. The number of rotatable bonds is 6. The van der Waals surface area contributed by atoms with E-state index in [4.69, 9.17) is 4.74 Å². The monoisotopic (exact) mass is 409 g/mol. The van der Waals surface area contributed by atoms with Crippen molar-refractivity contribution in [1.29, 1.82) is 0 Å². The summed E-state index contributed by atoms with van der Waals surface area (Å²) in [4.78, 5) is 33.9. The maximum Gasteiger partial charge on any atom is 0.343 e. The average Bonchev–Trinajstić information content (AvgIpc) is 3.14. The molecule has 3 heterocycles. The Labute approximate surface area is 175 Å². The van der Waals surface area contributed by atoms with Crippen molar-refractivity contribution in [2.24, 2.45) is 0 Å². The summed E-state index contributed by atoms with van der Waals surface area (Å²) in [5.74, 6) is -0.481. The van der Waals surface area contributed by atoms with Gasteiger partial charge in [-0.15, -0.1) is 0 Å². The zero-order valence-electron chi connectivity index (χ0n) is 17.4. The van der Waals surface area contributed by atoms with Crippen LogP contribution in [0.5, 0.6) is 0 Å². The van der Waals surface area contributed by atoms with Gasteiger partial charge >= 0.3 is 5.97 Å². The van der Waals surface area contributed by atoms with Gasteiger partial charge in [0.1, 0.15) is 5.56 Å². The molecule has 0 aliphatic carbocycles. The summed E-state index contributed by atoms with van der Waals surface area (Å²) in [7, 11) is 0. The molecule has 158 valence electrons. The summed E-state index contributed by atoms with van der Waals surface area (Å²) in [6.45, 7) is 9.41. The van der Waals surface area contributed by atoms with E-state index >= 15 is 0 Å². The highest BCUT2D eigenvalue weighted by Crippen LogP contribution is 2.13. The number of fused-ring (bicyclic) bond motifs is 1. The molecule has 8 nitrogen and oxygen atoms in total. The zero-order valence-corrected chi connectivity index (χ0v) is 17.4. The van der Waals surface area contributed by atoms with Crippen LogP contribution in [-0.2, 0) is 17.8 Å². The van der Waals surface area contributed by atoms with Crippen LogP contribution in [0.25, 0.3) is 5.65 Å². The predicted octanol–water partition coefficient (Wildman–Crippen LogP) is 1.83. The van der Waals surface area contributed by atoms with E-state index in [2.05, 4.69) is 51.1 Å². The van der Waals surface area contributed by atoms with Gasteiger partial charge in [0.15, 0.2) is 5.65 Å². The lowest BCUT2D eigenvalue weighted by molar-refractivity contribution is 0.0528. The first kappa shape index (κ1) is 20.3. The lowest BCUT2D eigenvalue weighted by Crippen LogP contribution is -2.45. The lowest BCUT2D eigenvalue weighted by Gasteiger charge is -2.34. The van der Waals surface area contributed by atoms with Crippen LogP contribution in [0.4, 0.5) is 0 Å². The van der Waals surface area contributed by atoms with Crippen LogP contribution in [0.1, 0.15) is 34.1 Å². The fourth-order valence-electron chi connectivity index (χ4n) is 3.87. The van der Waals surface area contributed by atoms with Gasteiger partial charge in [-0.25, -0.2) is 14.3 Å². The van der Waals surface area contributed by atoms with E-state index < -0.39 is 5.97 Å². The molecule has 2 aromatic heterocycles. The Hall–Kier alpha value is -2.97. The molecular formula is C22H27N5O3. The molecule has 1 fully saturated rings. The number of nitrogens with one attached hydrogen (secondary N) is 1. The van der Waals surface area contributed by atoms with Gasteiger partial charge in [-0.2, -0.15) is 0 Å². The molecule has 30 heavy (non-hydrogen) atoms. The Bertz CT molecular complexity index is 1100. The molecule has 0 radical (unpaired) electrons. The smallest absolute Gasteiger partial charge is 0.343 e. The molecule has 0 amide bonds. The molecule has 3 aromatic rings.